The number of rotatable bonds is 5. The summed E-state index contributed by atoms with van der Waals surface area (Å²) in [6.45, 7) is 9.21. The van der Waals surface area contributed by atoms with Crippen molar-refractivity contribution in [3.63, 3.8) is 0 Å². The van der Waals surface area contributed by atoms with Crippen molar-refractivity contribution < 1.29 is 4.52 Å². The van der Waals surface area contributed by atoms with Crippen LogP contribution in [0.3, 0.4) is 0 Å². The lowest BCUT2D eigenvalue weighted by Crippen LogP contribution is -2.30. The third-order valence-corrected chi connectivity index (χ3v) is 3.37. The van der Waals surface area contributed by atoms with Gasteiger partial charge in [-0.3, -0.25) is 4.98 Å². The summed E-state index contributed by atoms with van der Waals surface area (Å²) in [5.41, 5.74) is 2.01. The summed E-state index contributed by atoms with van der Waals surface area (Å²) in [5.74, 6) is 1.48. The molecule has 1 N–H and O–H groups in total. The number of pyridine rings is 1. The van der Waals surface area contributed by atoms with Gasteiger partial charge in [-0.1, -0.05) is 19.0 Å². The van der Waals surface area contributed by atoms with Gasteiger partial charge in [-0.25, -0.2) is 0 Å². The van der Waals surface area contributed by atoms with Crippen LogP contribution >= 0.6 is 0 Å². The van der Waals surface area contributed by atoms with Crippen LogP contribution in [0.15, 0.2) is 23.0 Å². The number of aryl methyl sites for hydroxylation is 1. The minimum absolute atomic E-state index is 0.184. The zero-order valence-corrected chi connectivity index (χ0v) is 11.8. The van der Waals surface area contributed by atoms with Gasteiger partial charge in [0.25, 0.3) is 0 Å². The van der Waals surface area contributed by atoms with Crippen molar-refractivity contribution >= 4 is 0 Å². The number of aromatic nitrogens is 3. The summed E-state index contributed by atoms with van der Waals surface area (Å²) in [6, 6.07) is 2.21. The fraction of sp³-hybridized carbons (Fsp3) is 0.500. The average molecular weight is 260 g/mol. The molecular weight excluding hydrogens is 240 g/mol. The van der Waals surface area contributed by atoms with Crippen molar-refractivity contribution in [1.82, 2.24) is 20.4 Å². The second-order valence-corrected chi connectivity index (χ2v) is 4.78. The van der Waals surface area contributed by atoms with E-state index in [4.69, 9.17) is 4.52 Å². The lowest BCUT2D eigenvalue weighted by molar-refractivity contribution is 0.332. The molecule has 0 fully saturated rings. The van der Waals surface area contributed by atoms with Crippen molar-refractivity contribution in [2.24, 2.45) is 0 Å². The number of nitrogens with one attached hydrogen (secondary N) is 1. The molecule has 0 radical (unpaired) electrons. The van der Waals surface area contributed by atoms with E-state index in [2.05, 4.69) is 41.2 Å². The maximum Gasteiger partial charge on any atom is 0.231 e. The largest absolute Gasteiger partial charge is 0.339 e. The van der Waals surface area contributed by atoms with E-state index in [1.807, 2.05) is 13.0 Å². The highest BCUT2D eigenvalue weighted by molar-refractivity contribution is 5.57. The number of hydrogen-bond acceptors (Lipinski definition) is 5. The van der Waals surface area contributed by atoms with E-state index in [0.717, 1.165) is 17.7 Å². The standard InChI is InChI=1S/C14H20N4O/c1-5-16-11(4)10(3)14-17-13(18-19-14)12-6-7-15-8-9(12)2/h6-8,10-11,16H,5H2,1-4H3. The first-order chi connectivity index (χ1) is 9.13. The Morgan fingerprint density at radius 3 is 2.84 bits per heavy atom. The van der Waals surface area contributed by atoms with Gasteiger partial charge >= 0.3 is 0 Å². The minimum atomic E-state index is 0.184. The molecule has 2 heterocycles. The summed E-state index contributed by atoms with van der Waals surface area (Å²) in [5, 5.41) is 7.44. The summed E-state index contributed by atoms with van der Waals surface area (Å²) < 4.78 is 5.38. The Kier molecular flexibility index (Phi) is 4.27. The van der Waals surface area contributed by atoms with E-state index in [1.165, 1.54) is 0 Å². The van der Waals surface area contributed by atoms with Crippen LogP contribution in [0.4, 0.5) is 0 Å². The quantitative estimate of drug-likeness (QED) is 0.895. The highest BCUT2D eigenvalue weighted by atomic mass is 16.5. The molecule has 2 atom stereocenters. The highest BCUT2D eigenvalue weighted by Crippen LogP contribution is 2.23. The molecule has 0 amide bonds. The molecule has 0 aliphatic rings. The molecule has 0 aromatic carbocycles. The zero-order valence-electron chi connectivity index (χ0n) is 11.8. The van der Waals surface area contributed by atoms with Crippen LogP contribution in [0.5, 0.6) is 0 Å². The predicted octanol–water partition coefficient (Wildman–Crippen LogP) is 2.54. The Morgan fingerprint density at radius 1 is 1.37 bits per heavy atom. The molecule has 2 unspecified atom stereocenters. The summed E-state index contributed by atoms with van der Waals surface area (Å²) in [6.07, 6.45) is 3.54. The Labute approximate surface area is 113 Å². The highest BCUT2D eigenvalue weighted by Gasteiger charge is 2.20. The molecule has 5 nitrogen and oxygen atoms in total. The van der Waals surface area contributed by atoms with Gasteiger partial charge in [0.15, 0.2) is 0 Å². The van der Waals surface area contributed by atoms with E-state index in [0.29, 0.717) is 17.8 Å². The molecule has 0 bridgehead atoms. The molecule has 102 valence electrons. The van der Waals surface area contributed by atoms with E-state index in [9.17, 15) is 0 Å². The average Bonchev–Trinajstić information content (AvgIpc) is 2.88. The van der Waals surface area contributed by atoms with Gasteiger partial charge in [-0.15, -0.1) is 0 Å². The van der Waals surface area contributed by atoms with Gasteiger partial charge in [-0.05, 0) is 32.0 Å². The monoisotopic (exact) mass is 260 g/mol. The molecule has 0 aliphatic carbocycles. The second kappa shape index (κ2) is 5.93. The lowest BCUT2D eigenvalue weighted by Gasteiger charge is -2.16. The van der Waals surface area contributed by atoms with Crippen LogP contribution in [0.2, 0.25) is 0 Å². The second-order valence-electron chi connectivity index (χ2n) is 4.78. The summed E-state index contributed by atoms with van der Waals surface area (Å²) in [7, 11) is 0. The Balaban J connectivity index is 2.22. The van der Waals surface area contributed by atoms with Crippen molar-refractivity contribution in [3.8, 4) is 11.4 Å². The maximum absolute atomic E-state index is 5.38. The third-order valence-electron chi connectivity index (χ3n) is 3.37. The van der Waals surface area contributed by atoms with Crippen LogP contribution in [0, 0.1) is 6.92 Å². The van der Waals surface area contributed by atoms with Crippen molar-refractivity contribution in [3.05, 3.63) is 29.9 Å². The molecule has 2 rings (SSSR count). The van der Waals surface area contributed by atoms with E-state index >= 15 is 0 Å². The van der Waals surface area contributed by atoms with Gasteiger partial charge in [0, 0.05) is 24.0 Å². The van der Waals surface area contributed by atoms with Crippen molar-refractivity contribution in [1.29, 1.82) is 0 Å². The summed E-state index contributed by atoms with van der Waals surface area (Å²) >= 11 is 0. The van der Waals surface area contributed by atoms with Crippen molar-refractivity contribution in [2.75, 3.05) is 6.54 Å². The van der Waals surface area contributed by atoms with Gasteiger partial charge in [-0.2, -0.15) is 4.98 Å². The topological polar surface area (TPSA) is 63.8 Å². The van der Waals surface area contributed by atoms with Crippen LogP contribution in [0.1, 0.15) is 38.1 Å². The van der Waals surface area contributed by atoms with Gasteiger partial charge in [0.1, 0.15) is 0 Å². The SMILES string of the molecule is CCNC(C)C(C)c1nc(-c2ccncc2C)no1. The summed E-state index contributed by atoms with van der Waals surface area (Å²) in [4.78, 5) is 8.57. The van der Waals surface area contributed by atoms with Crippen LogP contribution in [-0.4, -0.2) is 27.7 Å². The van der Waals surface area contributed by atoms with Crippen molar-refractivity contribution in [2.45, 2.75) is 39.7 Å². The van der Waals surface area contributed by atoms with Crippen LogP contribution in [0.25, 0.3) is 11.4 Å². The molecule has 0 aliphatic heterocycles. The van der Waals surface area contributed by atoms with Gasteiger partial charge in [0.05, 0.1) is 5.92 Å². The molecule has 2 aromatic rings. The number of nitrogens with zero attached hydrogens (tertiary/aromatic N) is 3. The Morgan fingerprint density at radius 2 is 2.16 bits per heavy atom. The van der Waals surface area contributed by atoms with Gasteiger partial charge in [0.2, 0.25) is 11.7 Å². The van der Waals surface area contributed by atoms with E-state index in [1.54, 1.807) is 12.4 Å². The number of hydrogen-bond donors (Lipinski definition) is 1. The predicted molar refractivity (Wildman–Crippen MR) is 73.8 cm³/mol. The molecule has 0 saturated carbocycles. The van der Waals surface area contributed by atoms with E-state index < -0.39 is 0 Å². The fourth-order valence-electron chi connectivity index (χ4n) is 1.97. The minimum Gasteiger partial charge on any atom is -0.339 e. The molecule has 0 saturated heterocycles. The smallest absolute Gasteiger partial charge is 0.231 e. The first-order valence-electron chi connectivity index (χ1n) is 6.61. The van der Waals surface area contributed by atoms with Gasteiger partial charge < -0.3 is 9.84 Å². The zero-order chi connectivity index (χ0) is 13.8. The Hall–Kier alpha value is -1.75. The van der Waals surface area contributed by atoms with Crippen LogP contribution < -0.4 is 5.32 Å². The molecule has 19 heavy (non-hydrogen) atoms. The first kappa shape index (κ1) is 13.7. The molecular formula is C14H20N4O. The fourth-order valence-corrected chi connectivity index (χ4v) is 1.97. The Bertz CT molecular complexity index is 538. The third kappa shape index (κ3) is 2.98. The molecule has 0 spiro atoms. The normalized spacial score (nSPS) is 14.3. The molecule has 2 aromatic heterocycles. The maximum atomic E-state index is 5.38. The first-order valence-corrected chi connectivity index (χ1v) is 6.61. The number of likely N-dealkylation sites (N-methyl/N-ethyl adjacent to an activating group) is 1. The lowest BCUT2D eigenvalue weighted by atomic mass is 10.0. The molecule has 5 heteroatoms. The van der Waals surface area contributed by atoms with Crippen LogP contribution in [-0.2, 0) is 0 Å². The van der Waals surface area contributed by atoms with E-state index in [-0.39, 0.29) is 5.92 Å².